The van der Waals surface area contributed by atoms with Crippen LogP contribution >= 0.6 is 0 Å². The molecule has 0 bridgehead atoms. The average molecular weight is 228 g/mol. The van der Waals surface area contributed by atoms with Gasteiger partial charge in [0.05, 0.1) is 11.3 Å². The van der Waals surface area contributed by atoms with Crippen molar-refractivity contribution in [3.05, 3.63) is 52.8 Å². The molecule has 17 heavy (non-hydrogen) atoms. The van der Waals surface area contributed by atoms with Crippen LogP contribution < -0.4 is 0 Å². The third-order valence-corrected chi connectivity index (χ3v) is 2.93. The molecule has 0 aliphatic carbocycles. The highest BCUT2D eigenvalue weighted by Crippen LogP contribution is 2.13. The quantitative estimate of drug-likeness (QED) is 0.756. The number of hydrogen-bond donors (Lipinski definition) is 0. The largest absolute Gasteiger partial charge is 0.294 e. The first-order chi connectivity index (χ1) is 8.08. The van der Waals surface area contributed by atoms with Crippen molar-refractivity contribution in [3.8, 4) is 0 Å². The summed E-state index contributed by atoms with van der Waals surface area (Å²) in [5, 5.41) is 4.19. The fraction of sp³-hybridized carbons (Fsp3) is 0.286. The lowest BCUT2D eigenvalue weighted by Gasteiger charge is -2.03. The zero-order valence-electron chi connectivity index (χ0n) is 10.4. The van der Waals surface area contributed by atoms with E-state index in [4.69, 9.17) is 0 Å². The van der Waals surface area contributed by atoms with E-state index in [0.29, 0.717) is 6.42 Å². The number of nitrogens with zero attached hydrogens (tertiary/aromatic N) is 2. The number of benzene rings is 1. The van der Waals surface area contributed by atoms with Crippen molar-refractivity contribution in [1.29, 1.82) is 0 Å². The van der Waals surface area contributed by atoms with Gasteiger partial charge in [-0.2, -0.15) is 5.10 Å². The maximum Gasteiger partial charge on any atom is 0.170 e. The van der Waals surface area contributed by atoms with Crippen molar-refractivity contribution in [3.63, 3.8) is 0 Å². The van der Waals surface area contributed by atoms with Crippen molar-refractivity contribution < 1.29 is 4.79 Å². The second-order valence-corrected chi connectivity index (χ2v) is 4.33. The first kappa shape index (κ1) is 11.6. The molecule has 0 radical (unpaired) electrons. The molecule has 3 nitrogen and oxygen atoms in total. The zero-order chi connectivity index (χ0) is 12.4. The summed E-state index contributed by atoms with van der Waals surface area (Å²) in [5.74, 6) is 0.130. The van der Waals surface area contributed by atoms with Crippen LogP contribution in [0.1, 0.15) is 27.2 Å². The standard InChI is InChI=1S/C14H16N2O/c1-10-6-4-5-7-12(10)8-14(17)13-9-16(3)15-11(13)2/h4-7,9H,8H2,1-3H3. The molecule has 0 aliphatic rings. The van der Waals surface area contributed by atoms with Gasteiger partial charge >= 0.3 is 0 Å². The third kappa shape index (κ3) is 2.44. The molecule has 2 aromatic rings. The lowest BCUT2D eigenvalue weighted by atomic mass is 10.00. The number of Topliss-reactive ketones (excluding diaryl/α,β-unsaturated/α-hetero) is 1. The van der Waals surface area contributed by atoms with Gasteiger partial charge in [0, 0.05) is 19.7 Å². The van der Waals surface area contributed by atoms with Crippen LogP contribution in [0.5, 0.6) is 0 Å². The number of ketones is 1. The molecule has 3 heteroatoms. The average Bonchev–Trinajstić information content (AvgIpc) is 2.61. The Morgan fingerprint density at radius 1 is 1.29 bits per heavy atom. The molecule has 0 N–H and O–H groups in total. The van der Waals surface area contributed by atoms with E-state index < -0.39 is 0 Å². The van der Waals surface area contributed by atoms with Crippen LogP contribution in [0.15, 0.2) is 30.5 Å². The molecule has 0 aliphatic heterocycles. The molecule has 1 aromatic heterocycles. The van der Waals surface area contributed by atoms with Crippen LogP contribution in [0.25, 0.3) is 0 Å². The molecular weight excluding hydrogens is 212 g/mol. The number of hydrogen-bond acceptors (Lipinski definition) is 2. The summed E-state index contributed by atoms with van der Waals surface area (Å²) in [4.78, 5) is 12.1. The highest BCUT2D eigenvalue weighted by molar-refractivity contribution is 5.98. The summed E-state index contributed by atoms with van der Waals surface area (Å²) in [7, 11) is 1.83. The monoisotopic (exact) mass is 228 g/mol. The number of carbonyl (C=O) groups is 1. The molecule has 0 atom stereocenters. The Morgan fingerprint density at radius 2 is 2.00 bits per heavy atom. The van der Waals surface area contributed by atoms with Gasteiger partial charge in [-0.25, -0.2) is 0 Å². The highest BCUT2D eigenvalue weighted by Gasteiger charge is 2.13. The van der Waals surface area contributed by atoms with E-state index in [-0.39, 0.29) is 5.78 Å². The van der Waals surface area contributed by atoms with E-state index in [1.807, 2.05) is 45.2 Å². The minimum atomic E-state index is 0.130. The van der Waals surface area contributed by atoms with Crippen LogP contribution in [-0.2, 0) is 13.5 Å². The van der Waals surface area contributed by atoms with E-state index in [0.717, 1.165) is 22.4 Å². The van der Waals surface area contributed by atoms with E-state index in [2.05, 4.69) is 5.10 Å². The molecule has 1 heterocycles. The van der Waals surface area contributed by atoms with Gasteiger partial charge in [0.2, 0.25) is 0 Å². The predicted octanol–water partition coefficient (Wildman–Crippen LogP) is 2.46. The topological polar surface area (TPSA) is 34.9 Å². The zero-order valence-corrected chi connectivity index (χ0v) is 10.4. The molecule has 1 aromatic carbocycles. The summed E-state index contributed by atoms with van der Waals surface area (Å²) in [6.45, 7) is 3.89. The summed E-state index contributed by atoms with van der Waals surface area (Å²) in [6.07, 6.45) is 2.23. The molecule has 88 valence electrons. The SMILES string of the molecule is Cc1ccccc1CC(=O)c1cn(C)nc1C. The molecule has 0 fully saturated rings. The second-order valence-electron chi connectivity index (χ2n) is 4.33. The van der Waals surface area contributed by atoms with Gasteiger partial charge in [0.15, 0.2) is 5.78 Å². The summed E-state index contributed by atoms with van der Waals surface area (Å²) in [5.41, 5.74) is 3.75. The van der Waals surface area contributed by atoms with Gasteiger partial charge in [-0.15, -0.1) is 0 Å². The van der Waals surface area contributed by atoms with Crippen LogP contribution in [0.2, 0.25) is 0 Å². The molecule has 0 amide bonds. The Kier molecular flexibility index (Phi) is 3.09. The molecule has 0 unspecified atom stereocenters. The van der Waals surface area contributed by atoms with Crippen molar-refractivity contribution in [1.82, 2.24) is 9.78 Å². The van der Waals surface area contributed by atoms with Gasteiger partial charge in [-0.05, 0) is 25.0 Å². The summed E-state index contributed by atoms with van der Waals surface area (Å²) in [6, 6.07) is 7.97. The van der Waals surface area contributed by atoms with E-state index in [1.54, 1.807) is 10.9 Å². The van der Waals surface area contributed by atoms with Crippen LogP contribution in [0.3, 0.4) is 0 Å². The Bertz CT molecular complexity index is 555. The number of rotatable bonds is 3. The minimum absolute atomic E-state index is 0.130. The lowest BCUT2D eigenvalue weighted by molar-refractivity contribution is 0.0992. The first-order valence-electron chi connectivity index (χ1n) is 5.66. The van der Waals surface area contributed by atoms with Crippen LogP contribution in [0.4, 0.5) is 0 Å². The summed E-state index contributed by atoms with van der Waals surface area (Å²) < 4.78 is 1.68. The maximum absolute atomic E-state index is 12.1. The van der Waals surface area contributed by atoms with Gasteiger partial charge in [-0.3, -0.25) is 9.48 Å². The van der Waals surface area contributed by atoms with Crippen molar-refractivity contribution in [2.45, 2.75) is 20.3 Å². The fourth-order valence-electron chi connectivity index (χ4n) is 1.95. The normalized spacial score (nSPS) is 10.5. The molecular formula is C14H16N2O. The van der Waals surface area contributed by atoms with Crippen molar-refractivity contribution in [2.75, 3.05) is 0 Å². The smallest absolute Gasteiger partial charge is 0.170 e. The van der Waals surface area contributed by atoms with E-state index in [9.17, 15) is 4.79 Å². The van der Waals surface area contributed by atoms with Gasteiger partial charge in [0.1, 0.15) is 0 Å². The Hall–Kier alpha value is -1.90. The number of carbonyl (C=O) groups excluding carboxylic acids is 1. The minimum Gasteiger partial charge on any atom is -0.294 e. The Labute approximate surface area is 101 Å². The highest BCUT2D eigenvalue weighted by atomic mass is 16.1. The van der Waals surface area contributed by atoms with Crippen LogP contribution in [-0.4, -0.2) is 15.6 Å². The predicted molar refractivity (Wildman–Crippen MR) is 67.2 cm³/mol. The Balaban J connectivity index is 2.23. The molecule has 2 rings (SSSR count). The van der Waals surface area contributed by atoms with E-state index in [1.165, 1.54) is 0 Å². The molecule has 0 saturated carbocycles. The lowest BCUT2D eigenvalue weighted by Crippen LogP contribution is -2.05. The summed E-state index contributed by atoms with van der Waals surface area (Å²) >= 11 is 0. The third-order valence-electron chi connectivity index (χ3n) is 2.93. The van der Waals surface area contributed by atoms with Crippen molar-refractivity contribution >= 4 is 5.78 Å². The fourth-order valence-corrected chi connectivity index (χ4v) is 1.95. The number of aromatic nitrogens is 2. The van der Waals surface area contributed by atoms with Gasteiger partial charge in [-0.1, -0.05) is 24.3 Å². The first-order valence-corrected chi connectivity index (χ1v) is 5.66. The van der Waals surface area contributed by atoms with Gasteiger partial charge in [0.25, 0.3) is 0 Å². The van der Waals surface area contributed by atoms with Crippen LogP contribution in [0, 0.1) is 13.8 Å². The molecule has 0 spiro atoms. The molecule has 0 saturated heterocycles. The second kappa shape index (κ2) is 4.53. The van der Waals surface area contributed by atoms with Crippen molar-refractivity contribution in [2.24, 2.45) is 7.05 Å². The van der Waals surface area contributed by atoms with Gasteiger partial charge < -0.3 is 0 Å². The Morgan fingerprint density at radius 3 is 2.59 bits per heavy atom. The maximum atomic E-state index is 12.1. The number of aryl methyl sites for hydroxylation is 3. The van der Waals surface area contributed by atoms with E-state index >= 15 is 0 Å².